The van der Waals surface area contributed by atoms with Crippen LogP contribution < -0.4 is 5.32 Å². The number of aromatic nitrogens is 2. The minimum atomic E-state index is -3.02. The van der Waals surface area contributed by atoms with E-state index in [4.69, 9.17) is 0 Å². The summed E-state index contributed by atoms with van der Waals surface area (Å²) in [6.45, 7) is 1.06. The van der Waals surface area contributed by atoms with E-state index >= 15 is 0 Å². The number of imidazole rings is 1. The second-order valence-corrected chi connectivity index (χ2v) is 8.10. The molecule has 3 rings (SSSR count). The molecular formula is C12H15N3O2S2. The van der Waals surface area contributed by atoms with Crippen LogP contribution in [0.5, 0.6) is 0 Å². The maximum absolute atomic E-state index is 12.1. The third-order valence-corrected chi connectivity index (χ3v) is 6.66. The first-order valence-electron chi connectivity index (χ1n) is 6.06. The molecule has 102 valence electrons. The zero-order chi connectivity index (χ0) is 13.5. The minimum absolute atomic E-state index is 0.217. The van der Waals surface area contributed by atoms with Crippen molar-refractivity contribution in [3.63, 3.8) is 0 Å². The quantitative estimate of drug-likeness (QED) is 0.905. The van der Waals surface area contributed by atoms with Crippen molar-refractivity contribution in [3.8, 4) is 10.6 Å². The van der Waals surface area contributed by atoms with Crippen LogP contribution in [0.2, 0.25) is 0 Å². The van der Waals surface area contributed by atoms with Gasteiger partial charge in [-0.1, -0.05) is 0 Å². The van der Waals surface area contributed by atoms with Gasteiger partial charge in [0.15, 0.2) is 9.84 Å². The normalized spacial score (nSPS) is 22.5. The van der Waals surface area contributed by atoms with E-state index in [1.54, 1.807) is 6.33 Å². The second kappa shape index (κ2) is 4.73. The lowest BCUT2D eigenvalue weighted by Crippen LogP contribution is -2.38. The van der Waals surface area contributed by atoms with Gasteiger partial charge in [-0.25, -0.2) is 13.4 Å². The molecule has 1 aliphatic rings. The molecule has 0 spiro atoms. The monoisotopic (exact) mass is 297 g/mol. The van der Waals surface area contributed by atoms with Crippen LogP contribution in [0.1, 0.15) is 10.1 Å². The molecule has 2 aromatic heterocycles. The standard InChI is InChI=1S/C12H15N3O2S2/c1-15-7-9(14-8-15)10-2-3-11(18-10)12-6-13-4-5-19(12,16)17/h2-3,7-8,12-13H,4-6H2,1H3. The lowest BCUT2D eigenvalue weighted by Gasteiger charge is -2.22. The molecule has 19 heavy (non-hydrogen) atoms. The van der Waals surface area contributed by atoms with Crippen molar-refractivity contribution >= 4 is 21.2 Å². The Hall–Kier alpha value is -1.18. The first kappa shape index (κ1) is 12.8. The molecule has 1 atom stereocenters. The zero-order valence-corrected chi connectivity index (χ0v) is 12.2. The number of rotatable bonds is 2. The Bertz CT molecular complexity index is 687. The van der Waals surface area contributed by atoms with E-state index in [0.717, 1.165) is 15.4 Å². The summed E-state index contributed by atoms with van der Waals surface area (Å²) in [7, 11) is -1.10. The predicted molar refractivity (Wildman–Crippen MR) is 75.9 cm³/mol. The lowest BCUT2D eigenvalue weighted by molar-refractivity contribution is 0.553. The Kier molecular flexibility index (Phi) is 3.20. The maximum Gasteiger partial charge on any atom is 0.160 e. The SMILES string of the molecule is Cn1cnc(-c2ccc(C3CNCCS3(=O)=O)s2)c1. The van der Waals surface area contributed by atoms with E-state index in [-0.39, 0.29) is 5.75 Å². The summed E-state index contributed by atoms with van der Waals surface area (Å²) < 4.78 is 26.0. The number of hydrogen-bond donors (Lipinski definition) is 1. The van der Waals surface area contributed by atoms with Crippen molar-refractivity contribution in [1.29, 1.82) is 0 Å². The molecule has 1 unspecified atom stereocenters. The Balaban J connectivity index is 1.93. The van der Waals surface area contributed by atoms with Gasteiger partial charge in [-0.05, 0) is 12.1 Å². The third-order valence-electron chi connectivity index (χ3n) is 3.23. The van der Waals surface area contributed by atoms with Gasteiger partial charge in [0.25, 0.3) is 0 Å². The Labute approximate surface area is 116 Å². The molecule has 1 fully saturated rings. The van der Waals surface area contributed by atoms with Crippen LogP contribution in [-0.4, -0.2) is 36.8 Å². The highest BCUT2D eigenvalue weighted by Gasteiger charge is 2.31. The Morgan fingerprint density at radius 3 is 3.00 bits per heavy atom. The first-order chi connectivity index (χ1) is 9.06. The van der Waals surface area contributed by atoms with E-state index < -0.39 is 15.1 Å². The molecule has 5 nitrogen and oxygen atoms in total. The summed E-state index contributed by atoms with van der Waals surface area (Å²) >= 11 is 1.51. The van der Waals surface area contributed by atoms with E-state index in [0.29, 0.717) is 13.1 Å². The zero-order valence-electron chi connectivity index (χ0n) is 10.5. The number of aryl methyl sites for hydroxylation is 1. The van der Waals surface area contributed by atoms with Gasteiger partial charge in [-0.3, -0.25) is 0 Å². The molecular weight excluding hydrogens is 282 g/mol. The van der Waals surface area contributed by atoms with Gasteiger partial charge in [0, 0.05) is 31.2 Å². The fourth-order valence-electron chi connectivity index (χ4n) is 2.20. The van der Waals surface area contributed by atoms with Gasteiger partial charge in [0.1, 0.15) is 5.25 Å². The molecule has 1 N–H and O–H groups in total. The molecule has 0 aliphatic carbocycles. The highest BCUT2D eigenvalue weighted by molar-refractivity contribution is 7.91. The topological polar surface area (TPSA) is 64.0 Å². The van der Waals surface area contributed by atoms with Crippen LogP contribution in [0.15, 0.2) is 24.7 Å². The van der Waals surface area contributed by atoms with E-state index in [9.17, 15) is 8.42 Å². The first-order valence-corrected chi connectivity index (χ1v) is 8.60. The van der Waals surface area contributed by atoms with Crippen molar-refractivity contribution in [1.82, 2.24) is 14.9 Å². The third kappa shape index (κ3) is 2.45. The highest BCUT2D eigenvalue weighted by Crippen LogP contribution is 2.34. The Morgan fingerprint density at radius 1 is 1.47 bits per heavy atom. The van der Waals surface area contributed by atoms with E-state index in [1.165, 1.54) is 11.3 Å². The smallest absolute Gasteiger partial charge is 0.160 e. The van der Waals surface area contributed by atoms with Crippen LogP contribution in [0.25, 0.3) is 10.6 Å². The minimum Gasteiger partial charge on any atom is -0.340 e. The van der Waals surface area contributed by atoms with Crippen molar-refractivity contribution in [2.45, 2.75) is 5.25 Å². The van der Waals surface area contributed by atoms with Gasteiger partial charge in [-0.2, -0.15) is 0 Å². The summed E-state index contributed by atoms with van der Waals surface area (Å²) in [5.41, 5.74) is 0.889. The molecule has 0 amide bonds. The van der Waals surface area contributed by atoms with Gasteiger partial charge >= 0.3 is 0 Å². The summed E-state index contributed by atoms with van der Waals surface area (Å²) in [6.07, 6.45) is 3.68. The fraction of sp³-hybridized carbons (Fsp3) is 0.417. The number of thiophene rings is 1. The molecule has 3 heterocycles. The molecule has 0 radical (unpaired) electrons. The Morgan fingerprint density at radius 2 is 2.32 bits per heavy atom. The summed E-state index contributed by atoms with van der Waals surface area (Å²) in [5, 5.41) is 2.74. The molecule has 1 aliphatic heterocycles. The van der Waals surface area contributed by atoms with Gasteiger partial charge in [0.05, 0.1) is 22.7 Å². The van der Waals surface area contributed by atoms with Gasteiger partial charge in [-0.15, -0.1) is 11.3 Å². The largest absolute Gasteiger partial charge is 0.340 e. The predicted octanol–water partition coefficient (Wildman–Crippen LogP) is 1.21. The van der Waals surface area contributed by atoms with Crippen molar-refractivity contribution in [3.05, 3.63) is 29.5 Å². The molecule has 1 saturated heterocycles. The average Bonchev–Trinajstić information content (AvgIpc) is 2.97. The van der Waals surface area contributed by atoms with Gasteiger partial charge in [0.2, 0.25) is 0 Å². The molecule has 7 heteroatoms. The average molecular weight is 297 g/mol. The summed E-state index contributed by atoms with van der Waals surface area (Å²) in [5.74, 6) is 0.217. The molecule has 0 saturated carbocycles. The number of sulfone groups is 1. The number of hydrogen-bond acceptors (Lipinski definition) is 5. The van der Waals surface area contributed by atoms with Gasteiger partial charge < -0.3 is 9.88 Å². The second-order valence-electron chi connectivity index (χ2n) is 4.69. The molecule has 2 aromatic rings. The highest BCUT2D eigenvalue weighted by atomic mass is 32.2. The summed E-state index contributed by atoms with van der Waals surface area (Å²) in [6, 6.07) is 3.86. The number of nitrogens with one attached hydrogen (secondary N) is 1. The molecule has 0 bridgehead atoms. The van der Waals surface area contributed by atoms with E-state index in [1.807, 2.05) is 29.9 Å². The van der Waals surface area contributed by atoms with Crippen LogP contribution in [0.3, 0.4) is 0 Å². The maximum atomic E-state index is 12.1. The van der Waals surface area contributed by atoms with E-state index in [2.05, 4.69) is 10.3 Å². The van der Waals surface area contributed by atoms with Crippen LogP contribution in [-0.2, 0) is 16.9 Å². The van der Waals surface area contributed by atoms with Crippen molar-refractivity contribution in [2.24, 2.45) is 7.05 Å². The van der Waals surface area contributed by atoms with Crippen molar-refractivity contribution < 1.29 is 8.42 Å². The molecule has 0 aromatic carbocycles. The van der Waals surface area contributed by atoms with Crippen LogP contribution >= 0.6 is 11.3 Å². The van der Waals surface area contributed by atoms with Crippen molar-refractivity contribution in [2.75, 3.05) is 18.8 Å². The number of nitrogens with zero attached hydrogens (tertiary/aromatic N) is 2. The van der Waals surface area contributed by atoms with Crippen LogP contribution in [0, 0.1) is 0 Å². The fourth-order valence-corrected chi connectivity index (χ4v) is 5.25. The summed E-state index contributed by atoms with van der Waals surface area (Å²) in [4.78, 5) is 6.20. The lowest BCUT2D eigenvalue weighted by atomic mass is 10.3. The van der Waals surface area contributed by atoms with Crippen LogP contribution in [0.4, 0.5) is 0 Å².